The highest BCUT2D eigenvalue weighted by Gasteiger charge is 2.25. The summed E-state index contributed by atoms with van der Waals surface area (Å²) in [7, 11) is 1.84. The van der Waals surface area contributed by atoms with E-state index in [1.807, 2.05) is 49.2 Å². The summed E-state index contributed by atoms with van der Waals surface area (Å²) in [4.78, 5) is 30.6. The van der Waals surface area contributed by atoms with Crippen molar-refractivity contribution in [2.45, 2.75) is 19.8 Å². The third-order valence-electron chi connectivity index (χ3n) is 5.64. The monoisotopic (exact) mass is 363 g/mol. The minimum atomic E-state index is 0.111. The first kappa shape index (κ1) is 17.6. The number of anilines is 2. The lowest BCUT2D eigenvalue weighted by atomic mass is 10.0. The molecule has 0 aliphatic carbocycles. The number of nitrogens with zero attached hydrogens (tertiary/aromatic N) is 3. The first-order chi connectivity index (χ1) is 13.0. The maximum atomic E-state index is 12.7. The van der Waals surface area contributed by atoms with Crippen LogP contribution in [0.1, 0.15) is 27.9 Å². The van der Waals surface area contributed by atoms with Gasteiger partial charge in [0.2, 0.25) is 5.91 Å². The van der Waals surface area contributed by atoms with Crippen LogP contribution < -0.4 is 9.80 Å². The van der Waals surface area contributed by atoms with Gasteiger partial charge in [0.1, 0.15) is 0 Å². The molecule has 2 heterocycles. The van der Waals surface area contributed by atoms with Gasteiger partial charge in [-0.2, -0.15) is 0 Å². The number of hydrogen-bond acceptors (Lipinski definition) is 3. The molecule has 5 heteroatoms. The average Bonchev–Trinajstić information content (AvgIpc) is 2.71. The number of hydrogen-bond donors (Lipinski definition) is 0. The summed E-state index contributed by atoms with van der Waals surface area (Å²) in [6.07, 6.45) is 1.38. The minimum Gasteiger partial charge on any atom is -0.368 e. The van der Waals surface area contributed by atoms with Gasteiger partial charge in [-0.15, -0.1) is 0 Å². The number of benzene rings is 2. The highest BCUT2D eigenvalue weighted by Crippen LogP contribution is 2.31. The summed E-state index contributed by atoms with van der Waals surface area (Å²) in [6, 6.07) is 14.1. The minimum absolute atomic E-state index is 0.111. The molecule has 2 aliphatic rings. The van der Waals surface area contributed by atoms with Crippen molar-refractivity contribution < 1.29 is 9.59 Å². The molecule has 27 heavy (non-hydrogen) atoms. The Kier molecular flexibility index (Phi) is 4.60. The summed E-state index contributed by atoms with van der Waals surface area (Å²) in [5.41, 5.74) is 5.35. The Morgan fingerprint density at radius 1 is 0.926 bits per heavy atom. The van der Waals surface area contributed by atoms with Crippen LogP contribution in [0.5, 0.6) is 0 Å². The molecule has 0 unspecified atom stereocenters. The van der Waals surface area contributed by atoms with Crippen molar-refractivity contribution in [3.05, 3.63) is 59.2 Å². The molecule has 0 saturated carbocycles. The second-order valence-corrected chi connectivity index (χ2v) is 7.41. The average molecular weight is 363 g/mol. The van der Waals surface area contributed by atoms with Crippen molar-refractivity contribution in [1.82, 2.24) is 4.90 Å². The van der Waals surface area contributed by atoms with Gasteiger partial charge in [-0.05, 0) is 49.2 Å². The molecule has 140 valence electrons. The number of carbonyl (C=O) groups is 2. The summed E-state index contributed by atoms with van der Waals surface area (Å²) < 4.78 is 0. The van der Waals surface area contributed by atoms with Crippen LogP contribution in [0.15, 0.2) is 42.5 Å². The van der Waals surface area contributed by atoms with Gasteiger partial charge in [-0.3, -0.25) is 9.59 Å². The molecule has 0 aromatic heterocycles. The third-order valence-corrected chi connectivity index (χ3v) is 5.64. The third kappa shape index (κ3) is 3.42. The topological polar surface area (TPSA) is 43.9 Å². The Hall–Kier alpha value is -2.82. The second-order valence-electron chi connectivity index (χ2n) is 7.41. The number of rotatable bonds is 2. The lowest BCUT2D eigenvalue weighted by Crippen LogP contribution is -2.48. The fourth-order valence-electron chi connectivity index (χ4n) is 3.89. The van der Waals surface area contributed by atoms with Crippen molar-refractivity contribution >= 4 is 23.2 Å². The van der Waals surface area contributed by atoms with Gasteiger partial charge >= 0.3 is 0 Å². The van der Waals surface area contributed by atoms with Crippen LogP contribution in [0, 0.1) is 6.92 Å². The van der Waals surface area contributed by atoms with E-state index in [4.69, 9.17) is 0 Å². The fraction of sp³-hybridized carbons (Fsp3) is 0.364. The van der Waals surface area contributed by atoms with Crippen molar-refractivity contribution in [2.75, 3.05) is 43.0 Å². The van der Waals surface area contributed by atoms with Crippen molar-refractivity contribution in [3.8, 4) is 0 Å². The van der Waals surface area contributed by atoms with E-state index in [1.54, 1.807) is 4.90 Å². The van der Waals surface area contributed by atoms with E-state index in [9.17, 15) is 9.59 Å². The largest absolute Gasteiger partial charge is 0.368 e. The van der Waals surface area contributed by atoms with Crippen molar-refractivity contribution in [3.63, 3.8) is 0 Å². The second kappa shape index (κ2) is 7.06. The van der Waals surface area contributed by atoms with Crippen LogP contribution in [0.25, 0.3) is 0 Å². The predicted octanol–water partition coefficient (Wildman–Crippen LogP) is 2.87. The van der Waals surface area contributed by atoms with Gasteiger partial charge in [0.15, 0.2) is 0 Å². The van der Waals surface area contributed by atoms with Gasteiger partial charge in [0.05, 0.1) is 0 Å². The zero-order valence-electron chi connectivity index (χ0n) is 15.9. The fourth-order valence-corrected chi connectivity index (χ4v) is 3.89. The van der Waals surface area contributed by atoms with Crippen LogP contribution in [-0.2, 0) is 11.2 Å². The van der Waals surface area contributed by atoms with Crippen molar-refractivity contribution in [1.29, 1.82) is 0 Å². The van der Waals surface area contributed by atoms with E-state index >= 15 is 0 Å². The van der Waals surface area contributed by atoms with E-state index in [-0.39, 0.29) is 11.8 Å². The molecule has 0 bridgehead atoms. The summed E-state index contributed by atoms with van der Waals surface area (Å²) >= 11 is 0. The number of carbonyl (C=O) groups excluding carboxylic acids is 2. The quantitative estimate of drug-likeness (QED) is 0.824. The molecular weight excluding hydrogens is 338 g/mol. The Labute approximate surface area is 160 Å². The Bertz CT molecular complexity index is 868. The highest BCUT2D eigenvalue weighted by atomic mass is 16.2. The SMILES string of the molecule is Cc1ccc(C(=O)N2CCN(c3ccc4c(c3)CCC(=O)N4C)CC2)cc1. The maximum absolute atomic E-state index is 12.7. The first-order valence-corrected chi connectivity index (χ1v) is 9.53. The molecule has 5 nitrogen and oxygen atoms in total. The molecular formula is C22H25N3O2. The van der Waals surface area contributed by atoms with E-state index in [0.29, 0.717) is 6.42 Å². The molecule has 1 saturated heterocycles. The Morgan fingerprint density at radius 3 is 2.33 bits per heavy atom. The normalized spacial score (nSPS) is 17.1. The standard InChI is InChI=1S/C22H25N3O2/c1-16-3-5-17(6-4-16)22(27)25-13-11-24(12-14-25)19-8-9-20-18(15-19)7-10-21(26)23(20)2/h3-6,8-9,15H,7,10-14H2,1-2H3. The first-order valence-electron chi connectivity index (χ1n) is 9.53. The van der Waals surface area contributed by atoms with E-state index in [1.165, 1.54) is 11.3 Å². The van der Waals surface area contributed by atoms with Gasteiger partial charge in [-0.1, -0.05) is 17.7 Å². The summed E-state index contributed by atoms with van der Waals surface area (Å²) in [5, 5.41) is 0. The van der Waals surface area contributed by atoms with E-state index in [0.717, 1.165) is 49.4 Å². The van der Waals surface area contributed by atoms with Crippen LogP contribution in [0.4, 0.5) is 11.4 Å². The number of aryl methyl sites for hydroxylation is 2. The Balaban J connectivity index is 1.43. The molecule has 2 amide bonds. The molecule has 0 N–H and O–H groups in total. The van der Waals surface area contributed by atoms with Gasteiger partial charge < -0.3 is 14.7 Å². The highest BCUT2D eigenvalue weighted by molar-refractivity contribution is 5.96. The molecule has 2 aliphatic heterocycles. The smallest absolute Gasteiger partial charge is 0.253 e. The van der Waals surface area contributed by atoms with Gasteiger partial charge in [0.25, 0.3) is 5.91 Å². The number of amides is 2. The molecule has 4 rings (SSSR count). The summed E-state index contributed by atoms with van der Waals surface area (Å²) in [5.74, 6) is 0.290. The van der Waals surface area contributed by atoms with Gasteiger partial charge in [-0.25, -0.2) is 0 Å². The van der Waals surface area contributed by atoms with E-state index in [2.05, 4.69) is 17.0 Å². The van der Waals surface area contributed by atoms with Crippen molar-refractivity contribution in [2.24, 2.45) is 0 Å². The molecule has 0 atom stereocenters. The predicted molar refractivity (Wildman–Crippen MR) is 107 cm³/mol. The maximum Gasteiger partial charge on any atom is 0.253 e. The zero-order chi connectivity index (χ0) is 19.0. The molecule has 0 radical (unpaired) electrons. The molecule has 2 aromatic rings. The van der Waals surface area contributed by atoms with E-state index < -0.39 is 0 Å². The molecule has 0 spiro atoms. The van der Waals surface area contributed by atoms with Crippen LogP contribution in [0.2, 0.25) is 0 Å². The lowest BCUT2D eigenvalue weighted by molar-refractivity contribution is -0.118. The number of fused-ring (bicyclic) bond motifs is 1. The van der Waals surface area contributed by atoms with Crippen LogP contribution in [-0.4, -0.2) is 49.9 Å². The number of piperazine rings is 1. The van der Waals surface area contributed by atoms with Crippen LogP contribution in [0.3, 0.4) is 0 Å². The van der Waals surface area contributed by atoms with Gasteiger partial charge in [0, 0.05) is 56.6 Å². The lowest BCUT2D eigenvalue weighted by Gasteiger charge is -2.37. The summed E-state index contributed by atoms with van der Waals surface area (Å²) in [6.45, 7) is 5.12. The van der Waals surface area contributed by atoms with Crippen LogP contribution >= 0.6 is 0 Å². The molecule has 1 fully saturated rings. The molecule has 2 aromatic carbocycles. The zero-order valence-corrected chi connectivity index (χ0v) is 15.9. The Morgan fingerprint density at radius 2 is 1.63 bits per heavy atom.